The maximum atomic E-state index is 11.6. The van der Waals surface area contributed by atoms with Crippen LogP contribution in [0, 0.1) is 10.1 Å². The van der Waals surface area contributed by atoms with Gasteiger partial charge in [0.25, 0.3) is 17.2 Å². The van der Waals surface area contributed by atoms with E-state index in [4.69, 9.17) is 4.74 Å². The first-order valence-electron chi connectivity index (χ1n) is 9.05. The van der Waals surface area contributed by atoms with E-state index < -0.39 is 10.6 Å². The second-order valence-electron chi connectivity index (χ2n) is 6.93. The number of rotatable bonds is 4. The Balaban J connectivity index is 0.00000225. The Morgan fingerprint density at radius 3 is 2.64 bits per heavy atom. The molecule has 0 bridgehead atoms. The van der Waals surface area contributed by atoms with E-state index in [0.717, 1.165) is 43.1 Å². The Morgan fingerprint density at radius 1 is 1.21 bits per heavy atom. The van der Waals surface area contributed by atoms with Gasteiger partial charge in [0, 0.05) is 24.1 Å². The molecule has 0 spiro atoms. The van der Waals surface area contributed by atoms with E-state index in [9.17, 15) is 15.2 Å². The van der Waals surface area contributed by atoms with E-state index in [1.807, 2.05) is 28.8 Å². The monoisotopic (exact) mass is 447 g/mol. The Labute approximate surface area is 173 Å². The number of non-ortho nitro benzene ring substituents is 1. The third-order valence-corrected chi connectivity index (χ3v) is 5.38. The van der Waals surface area contributed by atoms with Gasteiger partial charge < -0.3 is 26.8 Å². The number of methoxy groups -OCH3 is 1. The summed E-state index contributed by atoms with van der Waals surface area (Å²) >= 11 is 0. The molecule has 2 heterocycles. The highest BCUT2D eigenvalue weighted by atomic mass is 79.9. The van der Waals surface area contributed by atoms with Crippen LogP contribution in [0.25, 0.3) is 0 Å². The first-order chi connectivity index (χ1) is 13.0. The number of anilines is 1. The van der Waals surface area contributed by atoms with Gasteiger partial charge in [0.15, 0.2) is 6.54 Å². The summed E-state index contributed by atoms with van der Waals surface area (Å²) in [6.07, 6.45) is 2.91. The fourth-order valence-corrected chi connectivity index (χ4v) is 4.01. The van der Waals surface area contributed by atoms with E-state index in [0.29, 0.717) is 12.1 Å². The van der Waals surface area contributed by atoms with Crippen LogP contribution in [-0.4, -0.2) is 40.6 Å². The predicted octanol–water partition coefficient (Wildman–Crippen LogP) is -0.132. The quantitative estimate of drug-likeness (QED) is 0.401. The lowest BCUT2D eigenvalue weighted by molar-refractivity contribution is -0.661. The SMILES string of the molecule is COc1ccc(N2CC(O)(c3cccc([N+](=O)[O-])c3)[N+]3=C2CCCC3)cc1.[Br-]. The molecule has 1 N–H and O–H groups in total. The molecule has 28 heavy (non-hydrogen) atoms. The highest BCUT2D eigenvalue weighted by Gasteiger charge is 2.52. The van der Waals surface area contributed by atoms with Gasteiger partial charge in [-0.3, -0.25) is 10.1 Å². The van der Waals surface area contributed by atoms with Crippen LogP contribution in [0.2, 0.25) is 0 Å². The van der Waals surface area contributed by atoms with Crippen molar-refractivity contribution in [1.29, 1.82) is 0 Å². The molecule has 0 saturated heterocycles. The zero-order valence-corrected chi connectivity index (χ0v) is 17.1. The van der Waals surface area contributed by atoms with E-state index in [-0.39, 0.29) is 22.7 Å². The van der Waals surface area contributed by atoms with Gasteiger partial charge in [-0.05, 0) is 37.1 Å². The molecular formula is C20H22BrN3O4. The second kappa shape index (κ2) is 7.89. The third kappa shape index (κ3) is 3.38. The molecule has 0 radical (unpaired) electrons. The molecule has 0 aromatic heterocycles. The minimum Gasteiger partial charge on any atom is -1.00 e. The average molecular weight is 448 g/mol. The zero-order chi connectivity index (χ0) is 19.0. The molecule has 0 aliphatic carbocycles. The Bertz CT molecular complexity index is 916. The maximum absolute atomic E-state index is 11.6. The fraction of sp³-hybridized carbons (Fsp3) is 0.350. The maximum Gasteiger partial charge on any atom is 0.271 e. The molecule has 7 nitrogen and oxygen atoms in total. The molecule has 8 heteroatoms. The van der Waals surface area contributed by atoms with Crippen LogP contribution in [-0.2, 0) is 5.72 Å². The Hall–Kier alpha value is -2.45. The summed E-state index contributed by atoms with van der Waals surface area (Å²) < 4.78 is 7.24. The zero-order valence-electron chi connectivity index (χ0n) is 15.5. The van der Waals surface area contributed by atoms with Gasteiger partial charge in [-0.15, -0.1) is 0 Å². The van der Waals surface area contributed by atoms with Crippen molar-refractivity contribution in [2.24, 2.45) is 0 Å². The van der Waals surface area contributed by atoms with Crippen molar-refractivity contribution >= 4 is 17.2 Å². The minimum absolute atomic E-state index is 0. The van der Waals surface area contributed by atoms with Crippen molar-refractivity contribution in [3.05, 3.63) is 64.2 Å². The van der Waals surface area contributed by atoms with Crippen LogP contribution in [0.1, 0.15) is 24.8 Å². The summed E-state index contributed by atoms with van der Waals surface area (Å²) in [5.74, 6) is 1.83. The van der Waals surface area contributed by atoms with Crippen LogP contribution in [0.4, 0.5) is 11.4 Å². The number of halogens is 1. The van der Waals surface area contributed by atoms with Gasteiger partial charge in [-0.25, -0.2) is 9.48 Å². The van der Waals surface area contributed by atoms with Gasteiger partial charge in [0.2, 0.25) is 0 Å². The van der Waals surface area contributed by atoms with Crippen molar-refractivity contribution in [3.63, 3.8) is 0 Å². The molecule has 0 saturated carbocycles. The number of β-amino-alcohol motifs (C(OH)–C–C–N with tert-alkyl or cyclic N) is 1. The number of aliphatic hydroxyl groups is 1. The topological polar surface area (TPSA) is 78.9 Å². The van der Waals surface area contributed by atoms with Crippen LogP contribution in [0.15, 0.2) is 48.5 Å². The molecule has 0 fully saturated rings. The third-order valence-electron chi connectivity index (χ3n) is 5.38. The van der Waals surface area contributed by atoms with Crippen LogP contribution in [0.3, 0.4) is 0 Å². The number of hydrogen-bond acceptors (Lipinski definition) is 5. The highest BCUT2D eigenvalue weighted by Crippen LogP contribution is 2.37. The molecule has 148 valence electrons. The molecule has 2 aromatic rings. The smallest absolute Gasteiger partial charge is 0.271 e. The lowest BCUT2D eigenvalue weighted by atomic mass is 10.0. The number of nitro benzene ring substituents is 1. The number of nitro groups is 1. The largest absolute Gasteiger partial charge is 1.00 e. The first-order valence-corrected chi connectivity index (χ1v) is 9.05. The van der Waals surface area contributed by atoms with Crippen LogP contribution in [0.5, 0.6) is 5.75 Å². The van der Waals surface area contributed by atoms with Crippen molar-refractivity contribution in [1.82, 2.24) is 0 Å². The van der Waals surface area contributed by atoms with E-state index >= 15 is 0 Å². The number of benzene rings is 2. The standard InChI is InChI=1S/C20H22N3O4.BrH/c1-27-18-10-8-16(9-11-18)21-14-20(24,22-12-3-2-7-19(21)22)15-5-4-6-17(13-15)23(25)26;/h4-6,8-11,13,24H,2-3,7,12,14H2,1H3;1H/q+1;/p-1. The molecule has 2 aromatic carbocycles. The van der Waals surface area contributed by atoms with Crippen LogP contribution >= 0.6 is 0 Å². The lowest BCUT2D eigenvalue weighted by Gasteiger charge is -2.24. The molecular weight excluding hydrogens is 426 g/mol. The van der Waals surface area contributed by atoms with E-state index in [1.165, 1.54) is 12.1 Å². The average Bonchev–Trinajstić information content (AvgIpc) is 3.02. The highest BCUT2D eigenvalue weighted by molar-refractivity contribution is 5.96. The summed E-state index contributed by atoms with van der Waals surface area (Å²) in [5.41, 5.74) is 0.218. The number of ether oxygens (including phenoxy) is 1. The molecule has 2 aliphatic rings. The first kappa shape index (κ1) is 20.3. The summed E-state index contributed by atoms with van der Waals surface area (Å²) in [6, 6.07) is 14.0. The van der Waals surface area contributed by atoms with Gasteiger partial charge in [0.05, 0.1) is 18.6 Å². The Kier molecular flexibility index (Phi) is 5.71. The Morgan fingerprint density at radius 2 is 1.96 bits per heavy atom. The van der Waals surface area contributed by atoms with E-state index in [1.54, 1.807) is 19.2 Å². The second-order valence-corrected chi connectivity index (χ2v) is 6.93. The van der Waals surface area contributed by atoms with Gasteiger partial charge in [-0.2, -0.15) is 0 Å². The van der Waals surface area contributed by atoms with Gasteiger partial charge in [-0.1, -0.05) is 12.1 Å². The molecule has 4 rings (SSSR count). The van der Waals surface area contributed by atoms with Gasteiger partial charge >= 0.3 is 0 Å². The molecule has 1 unspecified atom stereocenters. The van der Waals surface area contributed by atoms with Crippen molar-refractivity contribution < 1.29 is 36.3 Å². The van der Waals surface area contributed by atoms with Crippen LogP contribution < -0.4 is 26.6 Å². The summed E-state index contributed by atoms with van der Waals surface area (Å²) in [6.45, 7) is 1.05. The summed E-state index contributed by atoms with van der Waals surface area (Å²) in [7, 11) is 1.63. The van der Waals surface area contributed by atoms with Gasteiger partial charge in [0.1, 0.15) is 11.4 Å². The molecule has 1 atom stereocenters. The molecule has 0 amide bonds. The van der Waals surface area contributed by atoms with E-state index in [2.05, 4.69) is 4.90 Å². The van der Waals surface area contributed by atoms with Crippen molar-refractivity contribution in [2.45, 2.75) is 25.0 Å². The van der Waals surface area contributed by atoms with Crippen molar-refractivity contribution in [3.8, 4) is 5.75 Å². The lowest BCUT2D eigenvalue weighted by Crippen LogP contribution is -3.00. The number of nitrogens with zero attached hydrogens (tertiary/aromatic N) is 3. The number of hydrogen-bond donors (Lipinski definition) is 1. The fourth-order valence-electron chi connectivity index (χ4n) is 4.01. The predicted molar refractivity (Wildman–Crippen MR) is 101 cm³/mol. The number of amidine groups is 1. The minimum atomic E-state index is -1.29. The normalized spacial score (nSPS) is 21.1. The summed E-state index contributed by atoms with van der Waals surface area (Å²) in [5, 5.41) is 22.8. The summed E-state index contributed by atoms with van der Waals surface area (Å²) in [4.78, 5) is 12.9. The van der Waals surface area contributed by atoms with Crippen molar-refractivity contribution in [2.75, 3.05) is 25.1 Å². The molecule has 2 aliphatic heterocycles.